The van der Waals surface area contributed by atoms with Gasteiger partial charge in [0.1, 0.15) is 5.75 Å². The number of hydrogen-bond donors (Lipinski definition) is 1. The second-order valence-corrected chi connectivity index (χ2v) is 5.86. The molecule has 0 heterocycles. The highest BCUT2D eigenvalue weighted by Crippen LogP contribution is 2.27. The van der Waals surface area contributed by atoms with Crippen molar-refractivity contribution in [2.75, 3.05) is 12.3 Å². The lowest BCUT2D eigenvalue weighted by Crippen LogP contribution is -2.29. The molecule has 0 bridgehead atoms. The van der Waals surface area contributed by atoms with Crippen LogP contribution in [0.25, 0.3) is 0 Å². The fourth-order valence-corrected chi connectivity index (χ4v) is 2.04. The highest BCUT2D eigenvalue weighted by Gasteiger charge is 2.29. The highest BCUT2D eigenvalue weighted by molar-refractivity contribution is 5.75. The Kier molecular flexibility index (Phi) is 6.53. The lowest BCUT2D eigenvalue weighted by molar-refractivity contribution is -0.154. The first kappa shape index (κ1) is 17.3. The Bertz CT molecular complexity index is 440. The maximum Gasteiger partial charge on any atom is 0.311 e. The molecule has 2 N–H and O–H groups in total. The number of nitrogens with two attached hydrogens (primary N) is 1. The van der Waals surface area contributed by atoms with Gasteiger partial charge < -0.3 is 15.2 Å². The Labute approximate surface area is 127 Å². The van der Waals surface area contributed by atoms with E-state index in [0.29, 0.717) is 6.61 Å². The molecule has 1 aromatic carbocycles. The van der Waals surface area contributed by atoms with Crippen LogP contribution in [0.4, 0.5) is 5.69 Å². The number of carbonyl (C=O) groups is 1. The first-order valence-corrected chi connectivity index (χ1v) is 7.58. The van der Waals surface area contributed by atoms with Crippen molar-refractivity contribution in [2.24, 2.45) is 5.41 Å². The van der Waals surface area contributed by atoms with Crippen LogP contribution in [0.5, 0.6) is 5.75 Å². The van der Waals surface area contributed by atoms with Gasteiger partial charge in [-0.05, 0) is 64.3 Å². The van der Waals surface area contributed by atoms with Gasteiger partial charge in [0.15, 0.2) is 0 Å². The first-order chi connectivity index (χ1) is 9.89. The Morgan fingerprint density at radius 2 is 1.86 bits per heavy atom. The Hall–Kier alpha value is -1.71. The van der Waals surface area contributed by atoms with Gasteiger partial charge in [-0.25, -0.2) is 0 Å². The molecule has 0 fully saturated rings. The predicted octanol–water partition coefficient (Wildman–Crippen LogP) is 3.80. The molecule has 1 atom stereocenters. The van der Waals surface area contributed by atoms with Crippen LogP contribution in [-0.2, 0) is 9.53 Å². The summed E-state index contributed by atoms with van der Waals surface area (Å²) in [6.45, 7) is 8.16. The van der Waals surface area contributed by atoms with E-state index in [4.69, 9.17) is 15.2 Å². The zero-order valence-electron chi connectivity index (χ0n) is 13.5. The minimum absolute atomic E-state index is 0.0855. The normalized spacial score (nSPS) is 12.8. The van der Waals surface area contributed by atoms with Gasteiger partial charge in [0.2, 0.25) is 0 Å². The second kappa shape index (κ2) is 7.91. The minimum atomic E-state index is -0.478. The summed E-state index contributed by atoms with van der Waals surface area (Å²) >= 11 is 0. The number of hydrogen-bond acceptors (Lipinski definition) is 4. The van der Waals surface area contributed by atoms with Crippen molar-refractivity contribution in [1.82, 2.24) is 0 Å². The molecular weight excluding hydrogens is 266 g/mol. The van der Waals surface area contributed by atoms with E-state index in [0.717, 1.165) is 30.7 Å². The van der Waals surface area contributed by atoms with Crippen molar-refractivity contribution in [2.45, 2.75) is 53.1 Å². The molecule has 0 saturated carbocycles. The summed E-state index contributed by atoms with van der Waals surface area (Å²) in [5.74, 6) is 0.664. The highest BCUT2D eigenvalue weighted by atomic mass is 16.5. The molecule has 0 spiro atoms. The van der Waals surface area contributed by atoms with E-state index in [2.05, 4.69) is 6.92 Å². The molecule has 1 rings (SSSR count). The molecule has 0 aromatic heterocycles. The van der Waals surface area contributed by atoms with Crippen LogP contribution in [0.2, 0.25) is 0 Å². The van der Waals surface area contributed by atoms with Crippen molar-refractivity contribution >= 4 is 11.7 Å². The minimum Gasteiger partial charge on any atom is -0.490 e. The molecule has 0 radical (unpaired) electrons. The number of carbonyl (C=O) groups excluding carboxylic acids is 1. The maximum atomic E-state index is 11.9. The largest absolute Gasteiger partial charge is 0.490 e. The average Bonchev–Trinajstić information content (AvgIpc) is 2.45. The summed E-state index contributed by atoms with van der Waals surface area (Å²) in [4.78, 5) is 11.9. The third kappa shape index (κ3) is 5.66. The summed E-state index contributed by atoms with van der Waals surface area (Å²) in [7, 11) is 0. The topological polar surface area (TPSA) is 61.5 Å². The van der Waals surface area contributed by atoms with E-state index >= 15 is 0 Å². The average molecular weight is 293 g/mol. The van der Waals surface area contributed by atoms with Gasteiger partial charge in [-0.15, -0.1) is 0 Å². The van der Waals surface area contributed by atoms with Crippen molar-refractivity contribution in [1.29, 1.82) is 0 Å². The van der Waals surface area contributed by atoms with Crippen LogP contribution >= 0.6 is 0 Å². The Morgan fingerprint density at radius 1 is 1.24 bits per heavy atom. The van der Waals surface area contributed by atoms with E-state index in [1.165, 1.54) is 0 Å². The molecule has 118 valence electrons. The van der Waals surface area contributed by atoms with Gasteiger partial charge in [0, 0.05) is 5.69 Å². The molecule has 1 unspecified atom stereocenters. The fraction of sp³-hybridized carbons (Fsp3) is 0.588. The lowest BCUT2D eigenvalue weighted by Gasteiger charge is -2.25. The summed E-state index contributed by atoms with van der Waals surface area (Å²) in [5.41, 5.74) is 5.90. The Morgan fingerprint density at radius 3 is 2.38 bits per heavy atom. The standard InChI is InChI=1S/C17H27NO3/c1-5-14(21-15-9-7-13(18)8-10-15)11-12-17(3,4)16(19)20-6-2/h7-10,14H,5-6,11-12,18H2,1-4H3. The molecule has 0 aliphatic heterocycles. The predicted molar refractivity (Wildman–Crippen MR) is 85.2 cm³/mol. The smallest absolute Gasteiger partial charge is 0.311 e. The molecule has 0 saturated heterocycles. The van der Waals surface area contributed by atoms with Crippen LogP contribution in [0.3, 0.4) is 0 Å². The van der Waals surface area contributed by atoms with Crippen LogP contribution in [0.15, 0.2) is 24.3 Å². The van der Waals surface area contributed by atoms with E-state index in [1.807, 2.05) is 45.0 Å². The molecule has 4 nitrogen and oxygen atoms in total. The van der Waals surface area contributed by atoms with Gasteiger partial charge in [0.05, 0.1) is 18.1 Å². The third-order valence-corrected chi connectivity index (χ3v) is 3.56. The monoisotopic (exact) mass is 293 g/mol. The van der Waals surface area contributed by atoms with Gasteiger partial charge in [-0.3, -0.25) is 4.79 Å². The van der Waals surface area contributed by atoms with Crippen molar-refractivity contribution in [3.63, 3.8) is 0 Å². The molecule has 21 heavy (non-hydrogen) atoms. The molecule has 4 heteroatoms. The SMILES string of the molecule is CCOC(=O)C(C)(C)CCC(CC)Oc1ccc(N)cc1. The van der Waals surface area contributed by atoms with Crippen molar-refractivity contribution in [3.05, 3.63) is 24.3 Å². The number of anilines is 1. The van der Waals surface area contributed by atoms with E-state index in [-0.39, 0.29) is 12.1 Å². The molecule has 0 aliphatic carbocycles. The number of benzene rings is 1. The van der Waals surface area contributed by atoms with Crippen LogP contribution in [-0.4, -0.2) is 18.7 Å². The number of rotatable bonds is 8. The molecule has 0 aliphatic rings. The van der Waals surface area contributed by atoms with E-state index in [1.54, 1.807) is 0 Å². The van der Waals surface area contributed by atoms with Crippen molar-refractivity contribution < 1.29 is 14.3 Å². The second-order valence-electron chi connectivity index (χ2n) is 5.86. The molecule has 0 amide bonds. The van der Waals surface area contributed by atoms with Gasteiger partial charge in [-0.1, -0.05) is 6.92 Å². The van der Waals surface area contributed by atoms with Gasteiger partial charge >= 0.3 is 5.97 Å². The maximum absolute atomic E-state index is 11.9. The molecule has 1 aromatic rings. The summed E-state index contributed by atoms with van der Waals surface area (Å²) < 4.78 is 11.1. The number of ether oxygens (including phenoxy) is 2. The van der Waals surface area contributed by atoms with Crippen LogP contribution in [0, 0.1) is 5.41 Å². The lowest BCUT2D eigenvalue weighted by atomic mass is 9.86. The summed E-state index contributed by atoms with van der Waals surface area (Å²) in [6, 6.07) is 7.39. The van der Waals surface area contributed by atoms with Gasteiger partial charge in [0.25, 0.3) is 0 Å². The van der Waals surface area contributed by atoms with Crippen LogP contribution in [0.1, 0.15) is 47.0 Å². The summed E-state index contributed by atoms with van der Waals surface area (Å²) in [6.07, 6.45) is 2.53. The number of esters is 1. The quantitative estimate of drug-likeness (QED) is 0.585. The summed E-state index contributed by atoms with van der Waals surface area (Å²) in [5, 5.41) is 0. The van der Waals surface area contributed by atoms with E-state index in [9.17, 15) is 4.79 Å². The zero-order chi connectivity index (χ0) is 15.9. The third-order valence-electron chi connectivity index (χ3n) is 3.56. The van der Waals surface area contributed by atoms with Crippen molar-refractivity contribution in [3.8, 4) is 5.75 Å². The van der Waals surface area contributed by atoms with E-state index < -0.39 is 5.41 Å². The fourth-order valence-electron chi connectivity index (χ4n) is 2.04. The van der Waals surface area contributed by atoms with Crippen LogP contribution < -0.4 is 10.5 Å². The molecular formula is C17H27NO3. The first-order valence-electron chi connectivity index (χ1n) is 7.58. The van der Waals surface area contributed by atoms with Gasteiger partial charge in [-0.2, -0.15) is 0 Å². The zero-order valence-corrected chi connectivity index (χ0v) is 13.5. The number of nitrogen functional groups attached to an aromatic ring is 1. The Balaban J connectivity index is 2.54.